The van der Waals surface area contributed by atoms with Crippen molar-refractivity contribution < 1.29 is 0 Å². The Hall–Kier alpha value is -1.76. The summed E-state index contributed by atoms with van der Waals surface area (Å²) in [6.45, 7) is 11.8. The molecule has 3 heterocycles. The predicted molar refractivity (Wildman–Crippen MR) is 107 cm³/mol. The quantitative estimate of drug-likeness (QED) is 0.641. The minimum absolute atomic E-state index is 0.278. The lowest BCUT2D eigenvalue weighted by Crippen LogP contribution is -2.37. The van der Waals surface area contributed by atoms with Crippen LogP contribution in [-0.4, -0.2) is 84.5 Å². The van der Waals surface area contributed by atoms with Crippen LogP contribution in [0.4, 0.5) is 0 Å². The fourth-order valence-corrected chi connectivity index (χ4v) is 4.76. The zero-order valence-corrected chi connectivity index (χ0v) is 16.9. The fraction of sp³-hybridized carbons (Fsp3) is 0.810. The number of piperidine rings is 1. The number of rotatable bonds is 7. The zero-order valence-electron chi connectivity index (χ0n) is 16.9. The van der Waals surface area contributed by atoms with Crippen molar-refractivity contribution in [1.29, 1.82) is 10.5 Å². The summed E-state index contributed by atoms with van der Waals surface area (Å²) in [7, 11) is 0. The van der Waals surface area contributed by atoms with E-state index in [0.29, 0.717) is 6.04 Å². The normalized spacial score (nSPS) is 24.3. The van der Waals surface area contributed by atoms with E-state index in [0.717, 1.165) is 51.5 Å². The Labute approximate surface area is 164 Å². The van der Waals surface area contributed by atoms with Gasteiger partial charge >= 0.3 is 0 Å². The van der Waals surface area contributed by atoms with Gasteiger partial charge in [0.1, 0.15) is 18.0 Å². The van der Waals surface area contributed by atoms with E-state index in [-0.39, 0.29) is 5.57 Å². The summed E-state index contributed by atoms with van der Waals surface area (Å²) in [4.78, 5) is 9.65. The maximum absolute atomic E-state index is 9.47. The molecule has 0 bridgehead atoms. The molecule has 0 saturated carbocycles. The molecule has 3 saturated heterocycles. The van der Waals surface area contributed by atoms with Gasteiger partial charge in [-0.25, -0.2) is 0 Å². The lowest BCUT2D eigenvalue weighted by atomic mass is 10.1. The fourth-order valence-electron chi connectivity index (χ4n) is 4.76. The summed E-state index contributed by atoms with van der Waals surface area (Å²) in [5.41, 5.74) is 0.278. The van der Waals surface area contributed by atoms with E-state index in [4.69, 9.17) is 0 Å². The average molecular weight is 371 g/mol. The highest BCUT2D eigenvalue weighted by molar-refractivity contribution is 5.40. The maximum Gasteiger partial charge on any atom is 0.169 e. The molecule has 27 heavy (non-hydrogen) atoms. The highest BCUT2D eigenvalue weighted by atomic mass is 15.4. The minimum Gasteiger partial charge on any atom is -0.355 e. The summed E-state index contributed by atoms with van der Waals surface area (Å²) in [5, 5.41) is 18.9. The smallest absolute Gasteiger partial charge is 0.169 e. The number of hydrogen-bond acceptors (Lipinski definition) is 6. The van der Waals surface area contributed by atoms with Crippen molar-refractivity contribution >= 4 is 0 Å². The molecule has 3 aliphatic rings. The van der Waals surface area contributed by atoms with Crippen LogP contribution in [-0.2, 0) is 0 Å². The van der Waals surface area contributed by atoms with Gasteiger partial charge < -0.3 is 19.6 Å². The lowest BCUT2D eigenvalue weighted by molar-refractivity contribution is 0.201. The molecule has 0 radical (unpaired) electrons. The Morgan fingerprint density at radius 2 is 1.56 bits per heavy atom. The molecule has 6 heteroatoms. The van der Waals surface area contributed by atoms with Gasteiger partial charge in [-0.3, -0.25) is 0 Å². The second-order valence-electron chi connectivity index (χ2n) is 8.18. The molecule has 0 aromatic heterocycles. The van der Waals surface area contributed by atoms with Crippen LogP contribution in [0.25, 0.3) is 0 Å². The highest BCUT2D eigenvalue weighted by Gasteiger charge is 2.29. The average Bonchev–Trinajstić information content (AvgIpc) is 3.29. The molecule has 0 amide bonds. The van der Waals surface area contributed by atoms with E-state index in [9.17, 15) is 10.5 Å². The first-order valence-electron chi connectivity index (χ1n) is 10.7. The van der Waals surface area contributed by atoms with Gasteiger partial charge in [0, 0.05) is 45.3 Å². The first-order chi connectivity index (χ1) is 13.2. The van der Waals surface area contributed by atoms with Crippen molar-refractivity contribution in [2.24, 2.45) is 0 Å². The summed E-state index contributed by atoms with van der Waals surface area (Å²) in [6, 6.07) is 4.98. The molecule has 3 rings (SSSR count). The summed E-state index contributed by atoms with van der Waals surface area (Å²) in [5.74, 6) is 0.881. The number of nitrogens with zero attached hydrogens (tertiary/aromatic N) is 6. The summed E-state index contributed by atoms with van der Waals surface area (Å²) >= 11 is 0. The number of likely N-dealkylation sites (tertiary alicyclic amines) is 2. The topological polar surface area (TPSA) is 60.5 Å². The van der Waals surface area contributed by atoms with E-state index in [2.05, 4.69) is 38.7 Å². The Kier molecular flexibility index (Phi) is 7.38. The second kappa shape index (κ2) is 9.97. The van der Waals surface area contributed by atoms with Gasteiger partial charge in [0.25, 0.3) is 0 Å². The first-order valence-corrected chi connectivity index (χ1v) is 10.7. The SMILES string of the molecule is C[C@H]1CCCN1CCCN1CCN(CCN2CCCCC2)C1=C(C#N)C#N. The van der Waals surface area contributed by atoms with Gasteiger partial charge in [-0.15, -0.1) is 0 Å². The number of allylic oxidation sites excluding steroid dienone is 1. The maximum atomic E-state index is 9.47. The monoisotopic (exact) mass is 370 g/mol. The van der Waals surface area contributed by atoms with E-state index >= 15 is 0 Å². The number of nitriles is 2. The molecule has 3 aliphatic heterocycles. The summed E-state index contributed by atoms with van der Waals surface area (Å²) in [6.07, 6.45) is 7.66. The van der Waals surface area contributed by atoms with Crippen LogP contribution in [0.15, 0.2) is 11.4 Å². The number of hydrogen-bond donors (Lipinski definition) is 0. The second-order valence-corrected chi connectivity index (χ2v) is 8.18. The van der Waals surface area contributed by atoms with E-state index in [1.165, 1.54) is 51.7 Å². The molecular weight excluding hydrogens is 336 g/mol. The largest absolute Gasteiger partial charge is 0.355 e. The van der Waals surface area contributed by atoms with Crippen molar-refractivity contribution in [3.05, 3.63) is 11.4 Å². The van der Waals surface area contributed by atoms with Crippen molar-refractivity contribution in [1.82, 2.24) is 19.6 Å². The zero-order chi connectivity index (χ0) is 19.1. The third-order valence-corrected chi connectivity index (χ3v) is 6.38. The van der Waals surface area contributed by atoms with Gasteiger partial charge in [0.15, 0.2) is 5.57 Å². The summed E-state index contributed by atoms with van der Waals surface area (Å²) < 4.78 is 0. The van der Waals surface area contributed by atoms with Crippen LogP contribution >= 0.6 is 0 Å². The lowest BCUT2D eigenvalue weighted by Gasteiger charge is -2.30. The van der Waals surface area contributed by atoms with Crippen LogP contribution in [0, 0.1) is 22.7 Å². The first kappa shape index (κ1) is 20.0. The Bertz CT molecular complexity index is 579. The molecule has 0 unspecified atom stereocenters. The minimum atomic E-state index is 0.278. The van der Waals surface area contributed by atoms with Crippen LogP contribution in [0.5, 0.6) is 0 Å². The molecule has 0 aromatic carbocycles. The third-order valence-electron chi connectivity index (χ3n) is 6.38. The molecule has 0 aliphatic carbocycles. The highest BCUT2D eigenvalue weighted by Crippen LogP contribution is 2.23. The molecule has 0 spiro atoms. The standard InChI is InChI=1S/C21H34N6/c1-19-7-5-10-25(19)11-6-12-26-15-16-27(21(26)20(17-22)18-23)14-13-24-8-3-2-4-9-24/h19H,2-16H2,1H3/t19-/m0/s1. The molecule has 3 fully saturated rings. The van der Waals surface area contributed by atoms with Crippen LogP contribution < -0.4 is 0 Å². The Morgan fingerprint density at radius 1 is 0.852 bits per heavy atom. The van der Waals surface area contributed by atoms with E-state index < -0.39 is 0 Å². The van der Waals surface area contributed by atoms with Crippen molar-refractivity contribution in [2.45, 2.75) is 51.5 Å². The van der Waals surface area contributed by atoms with Gasteiger partial charge in [0.05, 0.1) is 0 Å². The predicted octanol–water partition coefficient (Wildman–Crippen LogP) is 2.22. The molecular formula is C21H34N6. The molecule has 0 aromatic rings. The van der Waals surface area contributed by atoms with Crippen molar-refractivity contribution in [3.8, 4) is 12.1 Å². The molecule has 1 atom stereocenters. The van der Waals surface area contributed by atoms with Crippen LogP contribution in [0.3, 0.4) is 0 Å². The van der Waals surface area contributed by atoms with Crippen molar-refractivity contribution in [3.63, 3.8) is 0 Å². The van der Waals surface area contributed by atoms with Gasteiger partial charge in [-0.05, 0) is 58.7 Å². The Morgan fingerprint density at radius 3 is 2.19 bits per heavy atom. The molecule has 6 nitrogen and oxygen atoms in total. The van der Waals surface area contributed by atoms with Crippen LogP contribution in [0.1, 0.15) is 45.4 Å². The van der Waals surface area contributed by atoms with Gasteiger partial charge in [-0.1, -0.05) is 6.42 Å². The van der Waals surface area contributed by atoms with Crippen molar-refractivity contribution in [2.75, 3.05) is 58.9 Å². The van der Waals surface area contributed by atoms with Crippen LogP contribution in [0.2, 0.25) is 0 Å². The molecule has 148 valence electrons. The van der Waals surface area contributed by atoms with E-state index in [1.54, 1.807) is 0 Å². The Balaban J connectivity index is 1.56. The van der Waals surface area contributed by atoms with Gasteiger partial charge in [-0.2, -0.15) is 10.5 Å². The van der Waals surface area contributed by atoms with E-state index in [1.807, 2.05) is 0 Å². The molecule has 0 N–H and O–H groups in total. The third kappa shape index (κ3) is 5.15. The van der Waals surface area contributed by atoms with Gasteiger partial charge in [0.2, 0.25) is 0 Å².